The summed E-state index contributed by atoms with van der Waals surface area (Å²) in [5, 5.41) is 0. The molecule has 2 rings (SSSR count). The second-order valence-electron chi connectivity index (χ2n) is 6.79. The van der Waals surface area contributed by atoms with E-state index in [4.69, 9.17) is 0 Å². The van der Waals surface area contributed by atoms with E-state index in [1.165, 1.54) is 24.7 Å². The molecule has 18 heavy (non-hydrogen) atoms. The van der Waals surface area contributed by atoms with Crippen LogP contribution in [-0.2, 0) is 20.7 Å². The van der Waals surface area contributed by atoms with Crippen LogP contribution in [0.2, 0.25) is 0 Å². The van der Waals surface area contributed by atoms with Gasteiger partial charge in [-0.05, 0) is 40.9 Å². The molecule has 1 saturated carbocycles. The normalized spacial score (nSPS) is 18.7. The Hall–Kier alpha value is -0.830. The van der Waals surface area contributed by atoms with Crippen LogP contribution in [0.4, 0.5) is 0 Å². The highest BCUT2D eigenvalue weighted by Gasteiger charge is 2.40. The summed E-state index contributed by atoms with van der Waals surface area (Å²) in [5.41, 5.74) is 2.34. The Morgan fingerprint density at radius 2 is 1.72 bits per heavy atom. The fraction of sp³-hybridized carbons (Fsp3) is 0.600. The molecule has 3 heteroatoms. The quantitative estimate of drug-likeness (QED) is 0.821. The first-order valence-electron chi connectivity index (χ1n) is 6.39. The van der Waals surface area contributed by atoms with Crippen molar-refractivity contribution in [2.45, 2.75) is 56.3 Å². The lowest BCUT2D eigenvalue weighted by molar-refractivity contribution is 0.561. The monoisotopic (exact) mass is 266 g/mol. The highest BCUT2D eigenvalue weighted by Crippen LogP contribution is 2.48. The highest BCUT2D eigenvalue weighted by molar-refractivity contribution is 7.90. The standard InChI is InChI=1S/C15H22O2S/c1-14(2,3)12-10-11(15(4)8-9-15)6-7-13(12)18(5,16)17/h6-7,10H,8-9H2,1-5H3. The zero-order valence-corrected chi connectivity index (χ0v) is 12.7. The van der Waals surface area contributed by atoms with Crippen molar-refractivity contribution in [1.29, 1.82) is 0 Å². The summed E-state index contributed by atoms with van der Waals surface area (Å²) in [6, 6.07) is 5.87. The molecule has 0 unspecified atom stereocenters. The number of sulfone groups is 1. The first-order chi connectivity index (χ1) is 8.04. The van der Waals surface area contributed by atoms with E-state index in [1.807, 2.05) is 6.07 Å². The van der Waals surface area contributed by atoms with E-state index in [2.05, 4.69) is 33.8 Å². The van der Waals surface area contributed by atoms with Crippen molar-refractivity contribution in [3.05, 3.63) is 29.3 Å². The van der Waals surface area contributed by atoms with Crippen molar-refractivity contribution in [3.8, 4) is 0 Å². The van der Waals surface area contributed by atoms with Gasteiger partial charge in [0.15, 0.2) is 9.84 Å². The zero-order valence-electron chi connectivity index (χ0n) is 11.9. The zero-order chi connectivity index (χ0) is 13.8. The second-order valence-corrected chi connectivity index (χ2v) is 8.78. The summed E-state index contributed by atoms with van der Waals surface area (Å²) < 4.78 is 23.8. The Bertz CT molecular complexity index is 573. The van der Waals surface area contributed by atoms with Gasteiger partial charge in [-0.3, -0.25) is 0 Å². The Morgan fingerprint density at radius 1 is 1.17 bits per heavy atom. The van der Waals surface area contributed by atoms with Gasteiger partial charge in [0.05, 0.1) is 4.90 Å². The average Bonchev–Trinajstić information content (AvgIpc) is 2.94. The van der Waals surface area contributed by atoms with Crippen LogP contribution in [0, 0.1) is 0 Å². The molecule has 1 aromatic carbocycles. The van der Waals surface area contributed by atoms with Crippen LogP contribution in [0.25, 0.3) is 0 Å². The molecule has 1 aliphatic rings. The summed E-state index contributed by atoms with van der Waals surface area (Å²) in [5.74, 6) is 0. The minimum absolute atomic E-state index is 0.153. The van der Waals surface area contributed by atoms with Gasteiger partial charge in [0.2, 0.25) is 0 Å². The van der Waals surface area contributed by atoms with Gasteiger partial charge < -0.3 is 0 Å². The van der Waals surface area contributed by atoms with E-state index in [-0.39, 0.29) is 10.8 Å². The van der Waals surface area contributed by atoms with Gasteiger partial charge in [0.25, 0.3) is 0 Å². The molecule has 0 radical (unpaired) electrons. The molecule has 0 aromatic heterocycles. The topological polar surface area (TPSA) is 34.1 Å². The number of benzene rings is 1. The second kappa shape index (κ2) is 3.83. The van der Waals surface area contributed by atoms with Crippen LogP contribution in [0.15, 0.2) is 23.1 Å². The first kappa shape index (κ1) is 13.6. The maximum Gasteiger partial charge on any atom is 0.175 e. The van der Waals surface area contributed by atoms with Gasteiger partial charge in [-0.25, -0.2) is 8.42 Å². The molecule has 1 aromatic rings. The van der Waals surface area contributed by atoms with Crippen molar-refractivity contribution < 1.29 is 8.42 Å². The van der Waals surface area contributed by atoms with Crippen molar-refractivity contribution in [3.63, 3.8) is 0 Å². The third-order valence-corrected chi connectivity index (χ3v) is 5.04. The Morgan fingerprint density at radius 3 is 2.11 bits per heavy atom. The van der Waals surface area contributed by atoms with Crippen molar-refractivity contribution >= 4 is 9.84 Å². The molecule has 0 aliphatic heterocycles. The summed E-state index contributed by atoms with van der Waals surface area (Å²) in [6.45, 7) is 8.44. The van der Waals surface area contributed by atoms with E-state index >= 15 is 0 Å². The SMILES string of the molecule is CC(C)(C)c1cc(C2(C)CC2)ccc1S(C)(=O)=O. The molecule has 0 N–H and O–H groups in total. The van der Waals surface area contributed by atoms with Crippen molar-refractivity contribution in [2.24, 2.45) is 0 Å². The summed E-state index contributed by atoms with van der Waals surface area (Å²) in [4.78, 5) is 0.475. The van der Waals surface area contributed by atoms with E-state index in [1.54, 1.807) is 6.07 Å². The van der Waals surface area contributed by atoms with E-state index in [0.717, 1.165) is 5.56 Å². The molecular formula is C15H22O2S. The summed E-state index contributed by atoms with van der Waals surface area (Å²) in [6.07, 6.45) is 3.69. The van der Waals surface area contributed by atoms with Crippen LogP contribution < -0.4 is 0 Å². The Balaban J connectivity index is 2.64. The molecular weight excluding hydrogens is 244 g/mol. The number of hydrogen-bond acceptors (Lipinski definition) is 2. The molecule has 100 valence electrons. The predicted octanol–water partition coefficient (Wildman–Crippen LogP) is 3.44. The van der Waals surface area contributed by atoms with Gasteiger partial charge in [-0.2, -0.15) is 0 Å². The Kier molecular flexibility index (Phi) is 2.89. The van der Waals surface area contributed by atoms with Crippen LogP contribution in [-0.4, -0.2) is 14.7 Å². The minimum atomic E-state index is -3.16. The van der Waals surface area contributed by atoms with Crippen LogP contribution in [0.1, 0.15) is 51.7 Å². The smallest absolute Gasteiger partial charge is 0.175 e. The van der Waals surface area contributed by atoms with Gasteiger partial charge in [0.1, 0.15) is 0 Å². The maximum absolute atomic E-state index is 11.9. The third kappa shape index (κ3) is 2.46. The van der Waals surface area contributed by atoms with E-state index in [0.29, 0.717) is 4.90 Å². The number of rotatable bonds is 2. The number of hydrogen-bond donors (Lipinski definition) is 0. The largest absolute Gasteiger partial charge is 0.224 e. The molecule has 0 saturated heterocycles. The molecule has 2 nitrogen and oxygen atoms in total. The van der Waals surface area contributed by atoms with Gasteiger partial charge in [-0.1, -0.05) is 39.8 Å². The Labute approximate surface area is 110 Å². The molecule has 0 atom stereocenters. The predicted molar refractivity (Wildman–Crippen MR) is 74.8 cm³/mol. The van der Waals surface area contributed by atoms with Crippen molar-refractivity contribution in [1.82, 2.24) is 0 Å². The fourth-order valence-corrected chi connectivity index (χ4v) is 3.37. The lowest BCUT2D eigenvalue weighted by atomic mass is 9.84. The summed E-state index contributed by atoms with van der Waals surface area (Å²) in [7, 11) is -3.16. The van der Waals surface area contributed by atoms with Crippen LogP contribution >= 0.6 is 0 Å². The van der Waals surface area contributed by atoms with E-state index in [9.17, 15) is 8.42 Å². The average molecular weight is 266 g/mol. The van der Waals surface area contributed by atoms with E-state index < -0.39 is 9.84 Å². The molecule has 0 bridgehead atoms. The van der Waals surface area contributed by atoms with Crippen LogP contribution in [0.5, 0.6) is 0 Å². The highest BCUT2D eigenvalue weighted by atomic mass is 32.2. The maximum atomic E-state index is 11.9. The van der Waals surface area contributed by atoms with Crippen LogP contribution in [0.3, 0.4) is 0 Å². The lowest BCUT2D eigenvalue weighted by Gasteiger charge is -2.24. The van der Waals surface area contributed by atoms with Gasteiger partial charge in [-0.15, -0.1) is 0 Å². The molecule has 0 amide bonds. The fourth-order valence-electron chi connectivity index (χ4n) is 2.29. The first-order valence-corrected chi connectivity index (χ1v) is 8.28. The minimum Gasteiger partial charge on any atom is -0.224 e. The van der Waals surface area contributed by atoms with Crippen molar-refractivity contribution in [2.75, 3.05) is 6.26 Å². The molecule has 1 aliphatic carbocycles. The third-order valence-electron chi connectivity index (χ3n) is 3.88. The van der Waals surface area contributed by atoms with Gasteiger partial charge >= 0.3 is 0 Å². The molecule has 0 spiro atoms. The lowest BCUT2D eigenvalue weighted by Crippen LogP contribution is -2.18. The summed E-state index contributed by atoms with van der Waals surface area (Å²) >= 11 is 0. The molecule has 1 fully saturated rings. The van der Waals surface area contributed by atoms with Gasteiger partial charge in [0, 0.05) is 6.26 Å². The molecule has 0 heterocycles.